The molecule has 2 N–H and O–H groups in total. The summed E-state index contributed by atoms with van der Waals surface area (Å²) in [5, 5.41) is 11.9. The quantitative estimate of drug-likeness (QED) is 0.704. The molecule has 7 heteroatoms. The Labute approximate surface area is 161 Å². The summed E-state index contributed by atoms with van der Waals surface area (Å²) in [6.07, 6.45) is 0. The Balaban J connectivity index is 1.88. The van der Waals surface area contributed by atoms with E-state index in [0.29, 0.717) is 22.9 Å². The van der Waals surface area contributed by atoms with E-state index in [0.717, 1.165) is 5.56 Å². The van der Waals surface area contributed by atoms with Gasteiger partial charge >= 0.3 is 5.97 Å². The number of hydrogen-bond donors (Lipinski definition) is 2. The number of amides is 1. The summed E-state index contributed by atoms with van der Waals surface area (Å²) in [4.78, 5) is 28.3. The van der Waals surface area contributed by atoms with Crippen LogP contribution in [0.15, 0.2) is 48.5 Å². The number of rotatable bonds is 5. The fourth-order valence-corrected chi connectivity index (χ4v) is 3.10. The van der Waals surface area contributed by atoms with Crippen LogP contribution in [-0.4, -0.2) is 26.5 Å². The zero-order valence-corrected chi connectivity index (χ0v) is 15.7. The Morgan fingerprint density at radius 3 is 2.25 bits per heavy atom. The Bertz CT molecular complexity index is 1020. The highest BCUT2D eigenvalue weighted by Gasteiger charge is 2.22. The first-order valence-corrected chi connectivity index (χ1v) is 8.74. The fraction of sp³-hybridized carbons (Fsp3) is 0.190. The monoisotopic (exact) mass is 381 g/mol. The standard InChI is InChI=1S/C21H20FN3O3/c1-12(15-4-6-16(7-5-15)21(27)28)24-20(26)19-13(2)23-14(3)25(19)18-10-8-17(22)9-11-18/h4-12H,1-3H3,(H,24,26)(H,27,28). The van der Waals surface area contributed by atoms with Crippen LogP contribution in [0.25, 0.3) is 5.69 Å². The largest absolute Gasteiger partial charge is 0.478 e. The summed E-state index contributed by atoms with van der Waals surface area (Å²) in [5.41, 5.74) is 2.54. The second-order valence-corrected chi connectivity index (χ2v) is 6.53. The molecule has 0 aliphatic carbocycles. The molecule has 3 aromatic rings. The van der Waals surface area contributed by atoms with Crippen molar-refractivity contribution in [1.29, 1.82) is 0 Å². The molecule has 1 unspecified atom stereocenters. The molecule has 0 spiro atoms. The Morgan fingerprint density at radius 2 is 1.68 bits per heavy atom. The van der Waals surface area contributed by atoms with Gasteiger partial charge in [0.2, 0.25) is 0 Å². The zero-order chi connectivity index (χ0) is 20.4. The molecule has 0 saturated heterocycles. The number of aromatic carboxylic acids is 1. The van der Waals surface area contributed by atoms with Crippen molar-refractivity contribution in [3.05, 3.63) is 82.7 Å². The highest BCUT2D eigenvalue weighted by atomic mass is 19.1. The van der Waals surface area contributed by atoms with Crippen LogP contribution in [0.4, 0.5) is 4.39 Å². The van der Waals surface area contributed by atoms with Crippen molar-refractivity contribution >= 4 is 11.9 Å². The van der Waals surface area contributed by atoms with E-state index in [1.807, 2.05) is 6.92 Å². The molecule has 1 atom stereocenters. The first-order chi connectivity index (χ1) is 13.3. The summed E-state index contributed by atoms with van der Waals surface area (Å²) in [6, 6.07) is 11.8. The molecule has 0 fully saturated rings. The molecular weight excluding hydrogens is 361 g/mol. The number of aryl methyl sites for hydroxylation is 2. The molecule has 6 nitrogen and oxygen atoms in total. The van der Waals surface area contributed by atoms with Gasteiger partial charge in [-0.2, -0.15) is 0 Å². The lowest BCUT2D eigenvalue weighted by molar-refractivity contribution is 0.0696. The maximum absolute atomic E-state index is 13.3. The van der Waals surface area contributed by atoms with Crippen molar-refractivity contribution in [2.45, 2.75) is 26.8 Å². The van der Waals surface area contributed by atoms with E-state index in [1.165, 1.54) is 24.3 Å². The van der Waals surface area contributed by atoms with Crippen LogP contribution in [0.5, 0.6) is 0 Å². The maximum Gasteiger partial charge on any atom is 0.335 e. The highest BCUT2D eigenvalue weighted by molar-refractivity contribution is 5.94. The minimum absolute atomic E-state index is 0.183. The van der Waals surface area contributed by atoms with Crippen molar-refractivity contribution in [2.24, 2.45) is 0 Å². The second-order valence-electron chi connectivity index (χ2n) is 6.53. The summed E-state index contributed by atoms with van der Waals surface area (Å²) < 4.78 is 14.9. The molecule has 1 amide bonds. The number of nitrogens with one attached hydrogen (secondary N) is 1. The molecule has 28 heavy (non-hydrogen) atoms. The molecule has 1 heterocycles. The second kappa shape index (κ2) is 7.64. The fourth-order valence-electron chi connectivity index (χ4n) is 3.10. The van der Waals surface area contributed by atoms with Crippen LogP contribution < -0.4 is 5.32 Å². The van der Waals surface area contributed by atoms with Crippen molar-refractivity contribution in [1.82, 2.24) is 14.9 Å². The minimum atomic E-state index is -1.00. The molecule has 3 rings (SSSR count). The molecular formula is C21H20FN3O3. The number of hydrogen-bond acceptors (Lipinski definition) is 3. The Kier molecular flexibility index (Phi) is 5.26. The van der Waals surface area contributed by atoms with Gasteiger partial charge in [-0.25, -0.2) is 14.2 Å². The molecule has 0 aliphatic heterocycles. The van der Waals surface area contributed by atoms with E-state index in [4.69, 9.17) is 5.11 Å². The normalized spacial score (nSPS) is 11.9. The van der Waals surface area contributed by atoms with Gasteiger partial charge in [-0.1, -0.05) is 12.1 Å². The van der Waals surface area contributed by atoms with E-state index in [-0.39, 0.29) is 23.3 Å². The number of aromatic nitrogens is 2. The van der Waals surface area contributed by atoms with Gasteiger partial charge in [0.1, 0.15) is 17.3 Å². The minimum Gasteiger partial charge on any atom is -0.478 e. The molecule has 0 bridgehead atoms. The van der Waals surface area contributed by atoms with Gasteiger partial charge in [0.15, 0.2) is 0 Å². The number of halogens is 1. The molecule has 144 valence electrons. The van der Waals surface area contributed by atoms with Crippen LogP contribution in [0, 0.1) is 19.7 Å². The van der Waals surface area contributed by atoms with Crippen molar-refractivity contribution in [3.63, 3.8) is 0 Å². The zero-order valence-electron chi connectivity index (χ0n) is 15.7. The lowest BCUT2D eigenvalue weighted by atomic mass is 10.1. The van der Waals surface area contributed by atoms with Crippen molar-refractivity contribution in [2.75, 3.05) is 0 Å². The summed E-state index contributed by atoms with van der Waals surface area (Å²) in [5.74, 6) is -1.06. The van der Waals surface area contributed by atoms with Crippen LogP contribution in [0.1, 0.15) is 50.9 Å². The molecule has 0 radical (unpaired) electrons. The van der Waals surface area contributed by atoms with Crippen molar-refractivity contribution < 1.29 is 19.1 Å². The molecule has 0 saturated carbocycles. The average molecular weight is 381 g/mol. The number of benzene rings is 2. The Hall–Kier alpha value is -3.48. The number of nitrogens with zero attached hydrogens (tertiary/aromatic N) is 2. The van der Waals surface area contributed by atoms with E-state index in [9.17, 15) is 14.0 Å². The predicted octanol–water partition coefficient (Wildman–Crippen LogP) is 3.82. The first-order valence-electron chi connectivity index (χ1n) is 8.74. The lowest BCUT2D eigenvalue weighted by Crippen LogP contribution is -2.29. The topological polar surface area (TPSA) is 84.2 Å². The third-order valence-corrected chi connectivity index (χ3v) is 4.52. The van der Waals surface area contributed by atoms with Crippen molar-refractivity contribution in [3.8, 4) is 5.69 Å². The van der Waals surface area contributed by atoms with E-state index in [2.05, 4.69) is 10.3 Å². The number of imidazole rings is 1. The first kappa shape index (κ1) is 19.3. The summed E-state index contributed by atoms with van der Waals surface area (Å²) in [6.45, 7) is 5.34. The highest BCUT2D eigenvalue weighted by Crippen LogP contribution is 2.20. The summed E-state index contributed by atoms with van der Waals surface area (Å²) >= 11 is 0. The predicted molar refractivity (Wildman–Crippen MR) is 102 cm³/mol. The number of carbonyl (C=O) groups is 2. The van der Waals surface area contributed by atoms with Gasteiger partial charge < -0.3 is 10.4 Å². The number of carbonyl (C=O) groups excluding carboxylic acids is 1. The maximum atomic E-state index is 13.3. The van der Waals surface area contributed by atoms with Crippen LogP contribution >= 0.6 is 0 Å². The van der Waals surface area contributed by atoms with Crippen LogP contribution in [-0.2, 0) is 0 Å². The lowest BCUT2D eigenvalue weighted by Gasteiger charge is -2.16. The van der Waals surface area contributed by atoms with Crippen LogP contribution in [0.2, 0.25) is 0 Å². The van der Waals surface area contributed by atoms with E-state index in [1.54, 1.807) is 42.7 Å². The van der Waals surface area contributed by atoms with Gasteiger partial charge in [0, 0.05) is 5.69 Å². The summed E-state index contributed by atoms with van der Waals surface area (Å²) in [7, 11) is 0. The van der Waals surface area contributed by atoms with E-state index < -0.39 is 5.97 Å². The molecule has 0 aliphatic rings. The van der Waals surface area contributed by atoms with Gasteiger partial charge in [-0.15, -0.1) is 0 Å². The Morgan fingerprint density at radius 1 is 1.07 bits per heavy atom. The van der Waals surface area contributed by atoms with Gasteiger partial charge in [-0.05, 0) is 62.7 Å². The van der Waals surface area contributed by atoms with Gasteiger partial charge in [-0.3, -0.25) is 9.36 Å². The average Bonchev–Trinajstić information content (AvgIpc) is 2.96. The third kappa shape index (κ3) is 3.78. The van der Waals surface area contributed by atoms with Gasteiger partial charge in [0.25, 0.3) is 5.91 Å². The van der Waals surface area contributed by atoms with Crippen LogP contribution in [0.3, 0.4) is 0 Å². The smallest absolute Gasteiger partial charge is 0.335 e. The number of carboxylic acids is 1. The third-order valence-electron chi connectivity index (χ3n) is 4.52. The number of carboxylic acid groups (broad SMARTS) is 1. The van der Waals surface area contributed by atoms with Gasteiger partial charge in [0.05, 0.1) is 17.3 Å². The van der Waals surface area contributed by atoms with E-state index >= 15 is 0 Å². The molecule has 2 aromatic carbocycles. The SMILES string of the molecule is Cc1nc(C)n(-c2ccc(F)cc2)c1C(=O)NC(C)c1ccc(C(=O)O)cc1. The molecule has 1 aromatic heterocycles.